The average molecular weight is 484 g/mol. The average Bonchev–Trinajstić information content (AvgIpc) is 3.10. The summed E-state index contributed by atoms with van der Waals surface area (Å²) in [5.74, 6) is -0.912. The largest absolute Gasteiger partial charge is 0.486 e. The Labute approximate surface area is 196 Å². The minimum Gasteiger partial charge on any atom is -0.486 e. The molecule has 10 nitrogen and oxygen atoms in total. The Morgan fingerprint density at radius 2 is 1.94 bits per heavy atom. The molecule has 0 spiro atoms. The summed E-state index contributed by atoms with van der Waals surface area (Å²) in [6, 6.07) is 9.61. The van der Waals surface area contributed by atoms with Crippen molar-refractivity contribution in [1.82, 2.24) is 9.78 Å². The maximum absolute atomic E-state index is 13.2. The first kappa shape index (κ1) is 22.8. The molecule has 4 rings (SSSR count). The number of rotatable bonds is 5. The lowest BCUT2D eigenvalue weighted by molar-refractivity contribution is -0.384. The van der Waals surface area contributed by atoms with Crippen LogP contribution in [0.4, 0.5) is 15.8 Å². The zero-order valence-electron chi connectivity index (χ0n) is 17.5. The maximum Gasteiger partial charge on any atom is 0.296 e. The number of anilines is 1. The lowest BCUT2D eigenvalue weighted by atomic mass is 10.1. The molecule has 0 bridgehead atoms. The van der Waals surface area contributed by atoms with Gasteiger partial charge in [-0.3, -0.25) is 14.9 Å². The van der Waals surface area contributed by atoms with Gasteiger partial charge in [-0.2, -0.15) is 10.4 Å². The molecule has 0 saturated heterocycles. The summed E-state index contributed by atoms with van der Waals surface area (Å²) >= 11 is 6.42. The van der Waals surface area contributed by atoms with Crippen molar-refractivity contribution in [2.24, 2.45) is 0 Å². The third-order valence-electron chi connectivity index (χ3n) is 4.88. The lowest BCUT2D eigenvalue weighted by Crippen LogP contribution is -2.18. The minimum absolute atomic E-state index is 0.0926. The first-order valence-corrected chi connectivity index (χ1v) is 10.2. The van der Waals surface area contributed by atoms with Gasteiger partial charge in [-0.15, -0.1) is 0 Å². The van der Waals surface area contributed by atoms with Gasteiger partial charge in [0.25, 0.3) is 11.6 Å². The zero-order chi connectivity index (χ0) is 24.4. The van der Waals surface area contributed by atoms with E-state index in [1.807, 2.05) is 0 Å². The molecule has 1 aliphatic rings. The molecule has 1 amide bonds. The van der Waals surface area contributed by atoms with E-state index in [1.165, 1.54) is 41.1 Å². The Morgan fingerprint density at radius 3 is 2.56 bits per heavy atom. The quantitative estimate of drug-likeness (QED) is 0.249. The van der Waals surface area contributed by atoms with Crippen LogP contribution in [0.3, 0.4) is 0 Å². The summed E-state index contributed by atoms with van der Waals surface area (Å²) in [5, 5.41) is 27.8. The fraction of sp³-hybridized carbons (Fsp3) is 0.136. The number of aromatic nitrogens is 2. The minimum atomic E-state index is -0.896. The molecule has 1 aromatic heterocycles. The van der Waals surface area contributed by atoms with Gasteiger partial charge >= 0.3 is 0 Å². The Morgan fingerprint density at radius 1 is 1.29 bits per heavy atom. The second-order valence-electron chi connectivity index (χ2n) is 7.07. The highest BCUT2D eigenvalue weighted by Crippen LogP contribution is 2.39. The normalized spacial score (nSPS) is 12.7. The molecular weight excluding hydrogens is 469 g/mol. The van der Waals surface area contributed by atoms with Crippen LogP contribution in [0.25, 0.3) is 11.8 Å². The number of hydrogen-bond donors (Lipinski definition) is 1. The standard InChI is InChI=1S/C22H15ClFN5O5/c1-12-16(21(23)28(27-12)15-4-2-14(24)3-5-15)8-13(11-25)22(30)26-17-9-19-20(34-7-6-33-19)10-18(17)29(31)32/h2-5,8-10H,6-7H2,1H3,(H,26,30)/b13-8+. The van der Waals surface area contributed by atoms with E-state index >= 15 is 0 Å². The SMILES string of the molecule is Cc1nn(-c2ccc(F)cc2)c(Cl)c1/C=C(\C#N)C(=O)Nc1cc2c(cc1[N+](=O)[O-])OCCO2. The highest BCUT2D eigenvalue weighted by atomic mass is 35.5. The number of carbonyl (C=O) groups excluding carboxylic acids is 1. The monoisotopic (exact) mass is 483 g/mol. The third-order valence-corrected chi connectivity index (χ3v) is 5.24. The van der Waals surface area contributed by atoms with Crippen molar-refractivity contribution in [3.05, 3.63) is 74.3 Å². The summed E-state index contributed by atoms with van der Waals surface area (Å²) in [4.78, 5) is 23.6. The highest BCUT2D eigenvalue weighted by molar-refractivity contribution is 6.31. The fourth-order valence-electron chi connectivity index (χ4n) is 3.24. The van der Waals surface area contributed by atoms with Crippen molar-refractivity contribution in [2.75, 3.05) is 18.5 Å². The van der Waals surface area contributed by atoms with Crippen LogP contribution >= 0.6 is 11.6 Å². The van der Waals surface area contributed by atoms with E-state index in [0.717, 1.165) is 6.07 Å². The van der Waals surface area contributed by atoms with E-state index in [-0.39, 0.29) is 46.7 Å². The van der Waals surface area contributed by atoms with E-state index < -0.39 is 22.3 Å². The van der Waals surface area contributed by atoms with Crippen molar-refractivity contribution in [2.45, 2.75) is 6.92 Å². The number of benzene rings is 2. The number of nitro groups is 1. The van der Waals surface area contributed by atoms with Gasteiger partial charge in [-0.05, 0) is 37.3 Å². The number of nitro benzene ring substituents is 1. The molecule has 2 aromatic carbocycles. The van der Waals surface area contributed by atoms with Crippen LogP contribution < -0.4 is 14.8 Å². The van der Waals surface area contributed by atoms with E-state index in [2.05, 4.69) is 10.4 Å². The number of fused-ring (bicyclic) bond motifs is 1. The molecule has 0 aliphatic carbocycles. The molecule has 12 heteroatoms. The van der Waals surface area contributed by atoms with Crippen LogP contribution in [0.1, 0.15) is 11.3 Å². The Kier molecular flexibility index (Phi) is 6.16. The van der Waals surface area contributed by atoms with E-state index in [0.29, 0.717) is 11.4 Å². The summed E-state index contributed by atoms with van der Waals surface area (Å²) in [6.07, 6.45) is 1.23. The molecule has 1 aliphatic heterocycles. The number of halogens is 2. The molecule has 0 saturated carbocycles. The molecule has 1 N–H and O–H groups in total. The number of hydrogen-bond acceptors (Lipinski definition) is 7. The van der Waals surface area contributed by atoms with E-state index in [9.17, 15) is 24.6 Å². The molecule has 172 valence electrons. The second kappa shape index (κ2) is 9.21. The smallest absolute Gasteiger partial charge is 0.296 e. The predicted molar refractivity (Wildman–Crippen MR) is 120 cm³/mol. The van der Waals surface area contributed by atoms with Crippen molar-refractivity contribution in [3.8, 4) is 23.3 Å². The zero-order valence-corrected chi connectivity index (χ0v) is 18.3. The lowest BCUT2D eigenvalue weighted by Gasteiger charge is -2.19. The van der Waals surface area contributed by atoms with Gasteiger partial charge in [0.1, 0.15) is 41.5 Å². The number of nitrogens with zero attached hydrogens (tertiary/aromatic N) is 4. The molecule has 0 fully saturated rings. The number of ether oxygens (including phenoxy) is 2. The van der Waals surface area contributed by atoms with Gasteiger partial charge in [0.05, 0.1) is 22.4 Å². The van der Waals surface area contributed by atoms with Gasteiger partial charge in [0.2, 0.25) is 0 Å². The van der Waals surface area contributed by atoms with Gasteiger partial charge < -0.3 is 14.8 Å². The summed E-state index contributed by atoms with van der Waals surface area (Å²) < 4.78 is 25.3. The fourth-order valence-corrected chi connectivity index (χ4v) is 3.57. The Balaban J connectivity index is 1.67. The van der Waals surface area contributed by atoms with Crippen LogP contribution in [-0.2, 0) is 4.79 Å². The maximum atomic E-state index is 13.2. The van der Waals surface area contributed by atoms with Crippen molar-refractivity contribution < 1.29 is 23.6 Å². The number of carbonyl (C=O) groups is 1. The Hall–Kier alpha value is -4.43. The van der Waals surface area contributed by atoms with E-state index in [1.54, 1.807) is 13.0 Å². The topological polar surface area (TPSA) is 132 Å². The molecule has 0 radical (unpaired) electrons. The molecule has 0 atom stereocenters. The van der Waals surface area contributed by atoms with Gasteiger partial charge in [0, 0.05) is 11.6 Å². The number of nitrogens with one attached hydrogen (secondary N) is 1. The number of amides is 1. The van der Waals surface area contributed by atoms with Crippen LogP contribution in [0, 0.1) is 34.2 Å². The van der Waals surface area contributed by atoms with Crippen molar-refractivity contribution in [1.29, 1.82) is 5.26 Å². The Bertz CT molecular complexity index is 1380. The van der Waals surface area contributed by atoms with Gasteiger partial charge in [-0.25, -0.2) is 9.07 Å². The van der Waals surface area contributed by atoms with Crippen molar-refractivity contribution >= 4 is 35.0 Å². The van der Waals surface area contributed by atoms with Gasteiger partial charge in [-0.1, -0.05) is 11.6 Å². The van der Waals surface area contributed by atoms with Crippen LogP contribution in [0.2, 0.25) is 5.15 Å². The molecule has 2 heterocycles. The number of nitriles is 1. The number of aryl methyl sites for hydroxylation is 1. The molecular formula is C22H15ClFN5O5. The summed E-state index contributed by atoms with van der Waals surface area (Å²) in [6.45, 7) is 2.11. The van der Waals surface area contributed by atoms with Crippen LogP contribution in [-0.4, -0.2) is 33.8 Å². The van der Waals surface area contributed by atoms with E-state index in [4.69, 9.17) is 21.1 Å². The first-order valence-electron chi connectivity index (χ1n) is 9.80. The second-order valence-corrected chi connectivity index (χ2v) is 7.43. The molecule has 0 unspecified atom stereocenters. The summed E-state index contributed by atoms with van der Waals surface area (Å²) in [7, 11) is 0. The van der Waals surface area contributed by atoms with Crippen LogP contribution in [0.15, 0.2) is 42.0 Å². The molecule has 3 aromatic rings. The first-order chi connectivity index (χ1) is 16.3. The third kappa shape index (κ3) is 4.39. The van der Waals surface area contributed by atoms with Crippen LogP contribution in [0.5, 0.6) is 11.5 Å². The molecule has 34 heavy (non-hydrogen) atoms. The highest BCUT2D eigenvalue weighted by Gasteiger charge is 2.25. The van der Waals surface area contributed by atoms with Gasteiger partial charge in [0.15, 0.2) is 11.5 Å². The predicted octanol–water partition coefficient (Wildman–Crippen LogP) is 4.20. The summed E-state index contributed by atoms with van der Waals surface area (Å²) in [5.41, 5.74) is 0.213. The van der Waals surface area contributed by atoms with Crippen molar-refractivity contribution in [3.63, 3.8) is 0 Å².